The average molecular weight is 80.1 g/mol. The number of hydrogen-bond donors (Lipinski definition) is 0. The van der Waals surface area contributed by atoms with Crippen LogP contribution in [0, 0.1) is 19.1 Å². The third kappa shape index (κ3) is 0.432. The number of aryl methyl sites for hydroxylation is 1. The fourth-order valence-corrected chi connectivity index (χ4v) is 0.278. The van der Waals surface area contributed by atoms with Crippen LogP contribution in [0.3, 0.4) is 0 Å². The van der Waals surface area contributed by atoms with Gasteiger partial charge in [0.05, 0.1) is 6.26 Å². The lowest BCUT2D eigenvalue weighted by Crippen LogP contribution is -1.49. The summed E-state index contributed by atoms with van der Waals surface area (Å²) in [6.45, 7) is 1.83. The Labute approximate surface area is 36.6 Å². The van der Waals surface area contributed by atoms with Gasteiger partial charge in [-0.2, -0.15) is 0 Å². The highest BCUT2D eigenvalue weighted by molar-refractivity contribution is 4.88. The molecule has 0 N–H and O–H groups in total. The Balaban J connectivity index is 3.05. The van der Waals surface area contributed by atoms with Gasteiger partial charge in [-0.25, -0.2) is 0 Å². The van der Waals surface area contributed by atoms with Gasteiger partial charge in [0.15, 0.2) is 0 Å². The fourth-order valence-electron chi connectivity index (χ4n) is 0.278. The van der Waals surface area contributed by atoms with Gasteiger partial charge in [-0.1, -0.05) is 0 Å². The van der Waals surface area contributed by atoms with Gasteiger partial charge in [0.1, 0.15) is 5.76 Å². The summed E-state index contributed by atoms with van der Waals surface area (Å²) in [6.07, 6.45) is 1.48. The van der Waals surface area contributed by atoms with Crippen molar-refractivity contribution in [3.63, 3.8) is 0 Å². The Hall–Kier alpha value is -0.720. The Kier molecular flexibility index (Phi) is 0.675. The summed E-state index contributed by atoms with van der Waals surface area (Å²) in [7, 11) is 0. The Morgan fingerprint density at radius 1 is 1.83 bits per heavy atom. The van der Waals surface area contributed by atoms with Crippen molar-refractivity contribution in [2.24, 2.45) is 0 Å². The zero-order valence-electron chi connectivity index (χ0n) is 3.49. The summed E-state index contributed by atoms with van der Waals surface area (Å²) in [6, 6.07) is 5.35. The molecule has 0 saturated heterocycles. The molecular weight excluding hydrogens is 76.1 g/mol. The van der Waals surface area contributed by atoms with Crippen LogP contribution in [0.5, 0.6) is 0 Å². The van der Waals surface area contributed by atoms with E-state index < -0.39 is 0 Å². The summed E-state index contributed by atoms with van der Waals surface area (Å²) in [5.74, 6) is 0.787. The molecule has 0 bridgehead atoms. The van der Waals surface area contributed by atoms with Crippen molar-refractivity contribution in [3.05, 3.63) is 24.2 Å². The highest BCUT2D eigenvalue weighted by Crippen LogP contribution is 1.91. The van der Waals surface area contributed by atoms with Crippen LogP contribution in [0.2, 0.25) is 0 Å². The molecule has 0 unspecified atom stereocenters. The Morgan fingerprint density at radius 2 is 2.67 bits per heavy atom. The van der Waals surface area contributed by atoms with Crippen LogP contribution in [0.1, 0.15) is 5.76 Å². The van der Waals surface area contributed by atoms with Crippen LogP contribution in [0.15, 0.2) is 10.7 Å². The molecule has 0 amide bonds. The molecule has 1 heterocycles. The molecule has 0 saturated carbocycles. The lowest BCUT2D eigenvalue weighted by Gasteiger charge is -1.68. The summed E-state index contributed by atoms with van der Waals surface area (Å²) < 4.78 is 4.72. The molecule has 30 valence electrons. The summed E-state index contributed by atoms with van der Waals surface area (Å²) in [5, 5.41) is 0. The first-order valence-electron chi connectivity index (χ1n) is 1.73. The summed E-state index contributed by atoms with van der Waals surface area (Å²) >= 11 is 0. The van der Waals surface area contributed by atoms with E-state index in [4.69, 9.17) is 4.42 Å². The Bertz CT molecular complexity index is 107. The van der Waals surface area contributed by atoms with E-state index in [-0.39, 0.29) is 0 Å². The van der Waals surface area contributed by atoms with Gasteiger partial charge in [-0.3, -0.25) is 0 Å². The van der Waals surface area contributed by atoms with Crippen LogP contribution in [0.4, 0.5) is 0 Å². The molecule has 0 aliphatic heterocycles. The van der Waals surface area contributed by atoms with E-state index in [1.54, 1.807) is 0 Å². The first-order chi connectivity index (χ1) is 2.89. The normalized spacial score (nSPS) is 8.83. The molecule has 0 aromatic carbocycles. The van der Waals surface area contributed by atoms with Gasteiger partial charge < -0.3 is 4.42 Å². The van der Waals surface area contributed by atoms with Gasteiger partial charge in [-0.05, 0) is 6.92 Å². The maximum Gasteiger partial charge on any atom is 0.109 e. The fraction of sp³-hybridized carbons (Fsp3) is 0.200. The molecular formula is C5H4O. The Morgan fingerprint density at radius 3 is 2.83 bits per heavy atom. The first kappa shape index (κ1) is 3.47. The van der Waals surface area contributed by atoms with E-state index in [1.807, 2.05) is 6.92 Å². The van der Waals surface area contributed by atoms with Gasteiger partial charge in [0.2, 0.25) is 0 Å². The van der Waals surface area contributed by atoms with Crippen molar-refractivity contribution in [1.82, 2.24) is 0 Å². The largest absolute Gasteiger partial charge is 0.468 e. The number of rotatable bonds is 0. The smallest absolute Gasteiger partial charge is 0.109 e. The molecule has 0 atom stereocenters. The third-order valence-corrected chi connectivity index (χ3v) is 0.543. The van der Waals surface area contributed by atoms with Crippen LogP contribution in [-0.2, 0) is 0 Å². The monoisotopic (exact) mass is 80.0 g/mol. The molecule has 1 heteroatoms. The van der Waals surface area contributed by atoms with Crippen molar-refractivity contribution in [3.8, 4) is 0 Å². The van der Waals surface area contributed by atoms with Gasteiger partial charge >= 0.3 is 0 Å². The predicted molar refractivity (Wildman–Crippen MR) is 21.1 cm³/mol. The molecule has 0 aliphatic rings. The van der Waals surface area contributed by atoms with Crippen molar-refractivity contribution >= 4 is 0 Å². The van der Waals surface area contributed by atoms with Crippen molar-refractivity contribution < 1.29 is 4.42 Å². The lowest BCUT2D eigenvalue weighted by atomic mass is 10.5. The molecule has 6 heavy (non-hydrogen) atoms. The van der Waals surface area contributed by atoms with Crippen LogP contribution in [0.25, 0.3) is 0 Å². The van der Waals surface area contributed by atoms with E-state index in [0.717, 1.165) is 5.76 Å². The van der Waals surface area contributed by atoms with E-state index in [9.17, 15) is 0 Å². The second-order valence-corrected chi connectivity index (χ2v) is 1.06. The maximum absolute atomic E-state index is 4.72. The van der Waals surface area contributed by atoms with E-state index >= 15 is 0 Å². The third-order valence-electron chi connectivity index (χ3n) is 0.543. The standard InChI is InChI=1S/C5H4O/c1-5-3-2-4-6-5/h4H,1H3. The molecule has 1 rings (SSSR count). The second-order valence-electron chi connectivity index (χ2n) is 1.06. The topological polar surface area (TPSA) is 13.1 Å². The number of furan rings is 1. The van der Waals surface area contributed by atoms with Crippen molar-refractivity contribution in [1.29, 1.82) is 0 Å². The zero-order chi connectivity index (χ0) is 4.41. The van der Waals surface area contributed by atoms with Crippen LogP contribution >= 0.6 is 0 Å². The maximum atomic E-state index is 4.72. The predicted octanol–water partition coefficient (Wildman–Crippen LogP) is 1.19. The summed E-state index contributed by atoms with van der Waals surface area (Å²) in [5.41, 5.74) is 0. The molecule has 0 aliphatic carbocycles. The quantitative estimate of drug-likeness (QED) is 0.456. The molecule has 1 aromatic rings. The van der Waals surface area contributed by atoms with E-state index in [1.165, 1.54) is 6.26 Å². The first-order valence-corrected chi connectivity index (χ1v) is 1.73. The lowest BCUT2D eigenvalue weighted by molar-refractivity contribution is 0.533. The van der Waals surface area contributed by atoms with E-state index in [2.05, 4.69) is 12.1 Å². The minimum absolute atomic E-state index is 0.787. The van der Waals surface area contributed by atoms with Gasteiger partial charge in [0, 0.05) is 12.1 Å². The van der Waals surface area contributed by atoms with Gasteiger partial charge in [-0.15, -0.1) is 0 Å². The molecule has 1 aromatic heterocycles. The van der Waals surface area contributed by atoms with Crippen molar-refractivity contribution in [2.45, 2.75) is 6.92 Å². The van der Waals surface area contributed by atoms with E-state index in [0.29, 0.717) is 0 Å². The molecule has 0 fully saturated rings. The molecule has 1 nitrogen and oxygen atoms in total. The highest BCUT2D eigenvalue weighted by Gasteiger charge is 1.78. The highest BCUT2D eigenvalue weighted by atomic mass is 16.3. The second kappa shape index (κ2) is 1.17. The van der Waals surface area contributed by atoms with Gasteiger partial charge in [0.25, 0.3) is 0 Å². The number of hydrogen-bond acceptors (Lipinski definition) is 1. The summed E-state index contributed by atoms with van der Waals surface area (Å²) in [4.78, 5) is 0. The minimum atomic E-state index is 0.787. The molecule has 2 radical (unpaired) electrons. The average Bonchev–Trinajstić information content (AvgIpc) is 1.86. The van der Waals surface area contributed by atoms with Crippen LogP contribution in [-0.4, -0.2) is 0 Å². The zero-order valence-corrected chi connectivity index (χ0v) is 3.49. The van der Waals surface area contributed by atoms with Crippen molar-refractivity contribution in [2.75, 3.05) is 0 Å². The van der Waals surface area contributed by atoms with Crippen LogP contribution < -0.4 is 0 Å². The SMILES string of the molecule is Cc1[c][c]co1. The minimum Gasteiger partial charge on any atom is -0.468 e. The molecule has 0 spiro atoms.